The summed E-state index contributed by atoms with van der Waals surface area (Å²) in [7, 11) is 0. The van der Waals surface area contributed by atoms with Gasteiger partial charge in [0.25, 0.3) is 5.91 Å². The molecule has 0 aliphatic carbocycles. The average Bonchev–Trinajstić information content (AvgIpc) is 2.89. The van der Waals surface area contributed by atoms with Crippen molar-refractivity contribution in [1.82, 2.24) is 5.43 Å². The second kappa shape index (κ2) is 11.7. The van der Waals surface area contributed by atoms with E-state index in [0.29, 0.717) is 23.1 Å². The molecule has 0 heterocycles. The molecule has 1 N–H and O–H groups in total. The molecule has 34 heavy (non-hydrogen) atoms. The van der Waals surface area contributed by atoms with Crippen LogP contribution in [-0.4, -0.2) is 18.7 Å². The van der Waals surface area contributed by atoms with E-state index in [-0.39, 0.29) is 12.5 Å². The summed E-state index contributed by atoms with van der Waals surface area (Å²) in [6, 6.07) is 32.6. The molecule has 0 bridgehead atoms. The number of carbonyl (C=O) groups excluding carboxylic acids is 1. The van der Waals surface area contributed by atoms with Crippen LogP contribution >= 0.6 is 11.6 Å². The Morgan fingerprint density at radius 2 is 1.38 bits per heavy atom. The summed E-state index contributed by atoms with van der Waals surface area (Å²) >= 11 is 6.14. The van der Waals surface area contributed by atoms with Gasteiger partial charge >= 0.3 is 0 Å². The van der Waals surface area contributed by atoms with E-state index >= 15 is 0 Å². The number of ether oxygens (including phenoxy) is 2. The van der Waals surface area contributed by atoms with Crippen LogP contribution in [-0.2, 0) is 11.4 Å². The van der Waals surface area contributed by atoms with Crippen LogP contribution in [0, 0.1) is 0 Å². The van der Waals surface area contributed by atoms with Gasteiger partial charge in [0.05, 0.1) is 6.21 Å². The fourth-order valence-electron chi connectivity index (χ4n) is 3.16. The molecule has 0 radical (unpaired) electrons. The molecule has 0 aromatic heterocycles. The number of hydrogen-bond donors (Lipinski definition) is 1. The van der Waals surface area contributed by atoms with Gasteiger partial charge in [0.15, 0.2) is 6.61 Å². The summed E-state index contributed by atoms with van der Waals surface area (Å²) in [5.41, 5.74) is 6.42. The summed E-state index contributed by atoms with van der Waals surface area (Å²) in [5, 5.41) is 4.66. The van der Waals surface area contributed by atoms with Crippen molar-refractivity contribution in [1.29, 1.82) is 0 Å². The molecule has 5 nitrogen and oxygen atoms in total. The highest BCUT2D eigenvalue weighted by Crippen LogP contribution is 2.22. The van der Waals surface area contributed by atoms with Gasteiger partial charge in [0.2, 0.25) is 0 Å². The number of halogens is 1. The van der Waals surface area contributed by atoms with E-state index in [1.807, 2.05) is 103 Å². The monoisotopic (exact) mass is 470 g/mol. The molecule has 4 aromatic carbocycles. The Kier molecular flexibility index (Phi) is 7.93. The Morgan fingerprint density at radius 3 is 2.12 bits per heavy atom. The van der Waals surface area contributed by atoms with Crippen LogP contribution in [0.25, 0.3) is 11.1 Å². The third kappa shape index (κ3) is 6.70. The Bertz CT molecular complexity index is 1240. The Hall–Kier alpha value is -4.09. The molecule has 6 heteroatoms. The van der Waals surface area contributed by atoms with Crippen molar-refractivity contribution < 1.29 is 14.3 Å². The zero-order chi connectivity index (χ0) is 23.6. The number of benzene rings is 4. The molecule has 0 saturated carbocycles. The van der Waals surface area contributed by atoms with Crippen LogP contribution in [0.4, 0.5) is 0 Å². The van der Waals surface area contributed by atoms with Crippen LogP contribution in [0.5, 0.6) is 11.5 Å². The van der Waals surface area contributed by atoms with E-state index < -0.39 is 0 Å². The number of hydrogen-bond acceptors (Lipinski definition) is 4. The SMILES string of the molecule is O=C(COc1ccc(-c2ccccc2)cc1)N/N=C\c1ccc(OCc2ccccc2Cl)cc1. The zero-order valence-corrected chi connectivity index (χ0v) is 19.1. The lowest BCUT2D eigenvalue weighted by atomic mass is 10.1. The summed E-state index contributed by atoms with van der Waals surface area (Å²) < 4.78 is 11.3. The molecule has 4 rings (SSSR count). The highest BCUT2D eigenvalue weighted by molar-refractivity contribution is 6.31. The van der Waals surface area contributed by atoms with Crippen molar-refractivity contribution in [3.05, 3.63) is 119 Å². The lowest BCUT2D eigenvalue weighted by Gasteiger charge is -2.08. The highest BCUT2D eigenvalue weighted by atomic mass is 35.5. The van der Waals surface area contributed by atoms with Crippen LogP contribution in [0.2, 0.25) is 5.02 Å². The molecule has 1 amide bonds. The molecule has 0 atom stereocenters. The van der Waals surface area contributed by atoms with Crippen molar-refractivity contribution in [2.75, 3.05) is 6.61 Å². The topological polar surface area (TPSA) is 59.9 Å². The molecule has 0 aliphatic heterocycles. The molecule has 0 saturated heterocycles. The van der Waals surface area contributed by atoms with Gasteiger partial charge < -0.3 is 9.47 Å². The summed E-state index contributed by atoms with van der Waals surface area (Å²) in [6.07, 6.45) is 1.56. The van der Waals surface area contributed by atoms with Crippen molar-refractivity contribution in [2.45, 2.75) is 6.61 Å². The van der Waals surface area contributed by atoms with Gasteiger partial charge in [-0.05, 0) is 59.2 Å². The van der Waals surface area contributed by atoms with E-state index in [1.165, 1.54) is 0 Å². The predicted molar refractivity (Wildman–Crippen MR) is 135 cm³/mol. The first-order chi connectivity index (χ1) is 16.7. The Morgan fingerprint density at radius 1 is 0.765 bits per heavy atom. The lowest BCUT2D eigenvalue weighted by molar-refractivity contribution is -0.123. The van der Waals surface area contributed by atoms with E-state index in [2.05, 4.69) is 10.5 Å². The third-order valence-electron chi connectivity index (χ3n) is 4.97. The number of nitrogens with one attached hydrogen (secondary N) is 1. The molecule has 0 spiro atoms. The second-order valence-electron chi connectivity index (χ2n) is 7.42. The molecular formula is C28H23ClN2O3. The molecule has 0 unspecified atom stereocenters. The molecule has 4 aromatic rings. The van der Waals surface area contributed by atoms with Gasteiger partial charge in [-0.1, -0.05) is 72.3 Å². The number of rotatable bonds is 9. The zero-order valence-electron chi connectivity index (χ0n) is 18.4. The Labute approximate surface area is 203 Å². The lowest BCUT2D eigenvalue weighted by Crippen LogP contribution is -2.24. The standard InChI is InChI=1S/C28H23ClN2O3/c29-27-9-5-4-8-24(27)19-33-25-14-10-21(11-15-25)18-30-31-28(32)20-34-26-16-12-23(13-17-26)22-6-2-1-3-7-22/h1-18H,19-20H2,(H,31,32)/b30-18-. The average molecular weight is 471 g/mol. The maximum atomic E-state index is 12.0. The van der Waals surface area contributed by atoms with Crippen LogP contribution in [0.15, 0.2) is 108 Å². The molecule has 170 valence electrons. The van der Waals surface area contributed by atoms with Crippen molar-refractivity contribution in [3.8, 4) is 22.6 Å². The molecule has 0 aliphatic rings. The summed E-state index contributed by atoms with van der Waals surface area (Å²) in [5.74, 6) is 0.988. The number of carbonyl (C=O) groups is 1. The minimum absolute atomic E-state index is 0.128. The van der Waals surface area contributed by atoms with Gasteiger partial charge in [-0.3, -0.25) is 4.79 Å². The van der Waals surface area contributed by atoms with Gasteiger partial charge in [-0.25, -0.2) is 5.43 Å². The fraction of sp³-hybridized carbons (Fsp3) is 0.0714. The van der Waals surface area contributed by atoms with E-state index in [4.69, 9.17) is 21.1 Å². The maximum Gasteiger partial charge on any atom is 0.277 e. The van der Waals surface area contributed by atoms with Crippen LogP contribution < -0.4 is 14.9 Å². The van der Waals surface area contributed by atoms with Gasteiger partial charge in [-0.15, -0.1) is 0 Å². The van der Waals surface area contributed by atoms with Crippen molar-refractivity contribution in [3.63, 3.8) is 0 Å². The number of amides is 1. The summed E-state index contributed by atoms with van der Waals surface area (Å²) in [6.45, 7) is 0.259. The maximum absolute atomic E-state index is 12.0. The molecular weight excluding hydrogens is 448 g/mol. The predicted octanol–water partition coefficient (Wildman–Crippen LogP) is 6.12. The van der Waals surface area contributed by atoms with E-state index in [0.717, 1.165) is 22.3 Å². The highest BCUT2D eigenvalue weighted by Gasteiger charge is 2.03. The number of hydrazone groups is 1. The molecule has 0 fully saturated rings. The minimum atomic E-state index is -0.344. The van der Waals surface area contributed by atoms with Gasteiger partial charge in [-0.2, -0.15) is 5.10 Å². The third-order valence-corrected chi connectivity index (χ3v) is 5.34. The van der Waals surface area contributed by atoms with Crippen LogP contribution in [0.3, 0.4) is 0 Å². The quantitative estimate of drug-likeness (QED) is 0.237. The van der Waals surface area contributed by atoms with Gasteiger partial charge in [0, 0.05) is 10.6 Å². The fourth-order valence-corrected chi connectivity index (χ4v) is 3.35. The minimum Gasteiger partial charge on any atom is -0.489 e. The van der Waals surface area contributed by atoms with Gasteiger partial charge in [0.1, 0.15) is 18.1 Å². The normalized spacial score (nSPS) is 10.7. The number of nitrogens with zero attached hydrogens (tertiary/aromatic N) is 1. The smallest absolute Gasteiger partial charge is 0.277 e. The first-order valence-corrected chi connectivity index (χ1v) is 11.1. The van der Waals surface area contributed by atoms with Crippen LogP contribution in [0.1, 0.15) is 11.1 Å². The first kappa shape index (κ1) is 23.1. The largest absolute Gasteiger partial charge is 0.489 e. The van der Waals surface area contributed by atoms with Crippen molar-refractivity contribution in [2.24, 2.45) is 5.10 Å². The van der Waals surface area contributed by atoms with E-state index in [9.17, 15) is 4.79 Å². The summed E-state index contributed by atoms with van der Waals surface area (Å²) in [4.78, 5) is 12.0. The van der Waals surface area contributed by atoms with Crippen molar-refractivity contribution >= 4 is 23.7 Å². The van der Waals surface area contributed by atoms with E-state index in [1.54, 1.807) is 6.21 Å². The Balaban J connectivity index is 1.20. The first-order valence-electron chi connectivity index (χ1n) is 10.7. The second-order valence-corrected chi connectivity index (χ2v) is 7.83.